The largest absolute Gasteiger partial charge is 0.343 e. The van der Waals surface area contributed by atoms with Crippen LogP contribution in [-0.4, -0.2) is 23.9 Å². The van der Waals surface area contributed by atoms with Crippen LogP contribution in [0.2, 0.25) is 0 Å². The molecule has 0 radical (unpaired) electrons. The first-order valence-electron chi connectivity index (χ1n) is 9.87. The lowest BCUT2D eigenvalue weighted by atomic mass is 9.85. The molecule has 5 nitrogen and oxygen atoms in total. The lowest BCUT2D eigenvalue weighted by molar-refractivity contribution is -0.128. The summed E-state index contributed by atoms with van der Waals surface area (Å²) < 4.78 is 0. The van der Waals surface area contributed by atoms with Crippen LogP contribution in [0.4, 0.5) is 5.69 Å². The Morgan fingerprint density at radius 2 is 1.73 bits per heavy atom. The molecule has 144 valence electrons. The van der Waals surface area contributed by atoms with E-state index in [0.717, 1.165) is 18.5 Å². The third-order valence-electron chi connectivity index (χ3n) is 5.03. The Morgan fingerprint density at radius 3 is 2.35 bits per heavy atom. The van der Waals surface area contributed by atoms with Crippen LogP contribution in [0.25, 0.3) is 0 Å². The molecule has 1 aromatic rings. The number of para-hydroxylation sites is 1. The van der Waals surface area contributed by atoms with Crippen molar-refractivity contribution >= 4 is 17.5 Å². The third-order valence-corrected chi connectivity index (χ3v) is 5.03. The van der Waals surface area contributed by atoms with Crippen LogP contribution in [0.3, 0.4) is 0 Å². The van der Waals surface area contributed by atoms with Gasteiger partial charge in [-0.1, -0.05) is 64.2 Å². The highest BCUT2D eigenvalue weighted by Crippen LogP contribution is 2.27. The van der Waals surface area contributed by atoms with E-state index >= 15 is 0 Å². The number of amides is 2. The van der Waals surface area contributed by atoms with Crippen molar-refractivity contribution < 1.29 is 9.59 Å². The number of nitrogens with one attached hydrogen (secondary N) is 2. The number of hydrogen-bond donors (Lipinski definition) is 3. The predicted molar refractivity (Wildman–Crippen MR) is 106 cm³/mol. The zero-order valence-electron chi connectivity index (χ0n) is 16.0. The molecule has 5 heteroatoms. The van der Waals surface area contributed by atoms with Crippen molar-refractivity contribution in [2.45, 2.75) is 70.9 Å². The molecule has 1 aliphatic rings. The van der Waals surface area contributed by atoms with Crippen LogP contribution in [0.15, 0.2) is 30.3 Å². The van der Waals surface area contributed by atoms with Crippen molar-refractivity contribution in [1.29, 1.82) is 0 Å². The van der Waals surface area contributed by atoms with E-state index in [9.17, 15) is 9.59 Å². The average molecular weight is 360 g/mol. The van der Waals surface area contributed by atoms with Gasteiger partial charge in [0.2, 0.25) is 11.8 Å². The van der Waals surface area contributed by atoms with E-state index in [0.29, 0.717) is 18.8 Å². The Balaban J connectivity index is 1.92. The minimum Gasteiger partial charge on any atom is -0.343 e. The molecule has 2 amide bonds. The fourth-order valence-corrected chi connectivity index (χ4v) is 3.62. The number of carbonyl (C=O) groups is 2. The smallest absolute Gasteiger partial charge is 0.246 e. The summed E-state index contributed by atoms with van der Waals surface area (Å²) in [5.74, 6) is 0.412. The molecule has 1 fully saturated rings. The molecule has 0 spiro atoms. The Morgan fingerprint density at radius 1 is 1.08 bits per heavy atom. The number of nitrogens with two attached hydrogens (primary N) is 1. The standard InChI is InChI=1S/C21H33N3O2/c1-15(2)13-19(21(26)23-17-11-7-4-8-12-17)24-20(25)18(22)14-16-9-5-3-6-10-16/h4,7-8,11-12,15-16,18-19H,3,5-6,9-10,13-14,22H2,1-2H3,(H,23,26)(H,24,25)/t18-,19-/m0/s1. The van der Waals surface area contributed by atoms with Crippen LogP contribution < -0.4 is 16.4 Å². The van der Waals surface area contributed by atoms with E-state index in [1.54, 1.807) is 0 Å². The molecule has 0 heterocycles. The molecule has 4 N–H and O–H groups in total. The first-order valence-corrected chi connectivity index (χ1v) is 9.87. The minimum atomic E-state index is -0.569. The zero-order valence-corrected chi connectivity index (χ0v) is 16.0. The zero-order chi connectivity index (χ0) is 18.9. The van der Waals surface area contributed by atoms with Crippen molar-refractivity contribution in [1.82, 2.24) is 5.32 Å². The highest BCUT2D eigenvalue weighted by Gasteiger charge is 2.26. The fourth-order valence-electron chi connectivity index (χ4n) is 3.62. The lowest BCUT2D eigenvalue weighted by Crippen LogP contribution is -2.51. The van der Waals surface area contributed by atoms with Crippen molar-refractivity contribution in [3.05, 3.63) is 30.3 Å². The molecule has 0 saturated heterocycles. The van der Waals surface area contributed by atoms with Gasteiger partial charge in [-0.15, -0.1) is 0 Å². The Labute approximate surface area is 157 Å². The van der Waals surface area contributed by atoms with Crippen LogP contribution in [0, 0.1) is 11.8 Å². The van der Waals surface area contributed by atoms with E-state index in [2.05, 4.69) is 10.6 Å². The summed E-state index contributed by atoms with van der Waals surface area (Å²) in [4.78, 5) is 25.2. The highest BCUT2D eigenvalue weighted by molar-refractivity contribution is 5.97. The van der Waals surface area contributed by atoms with Crippen molar-refractivity contribution in [2.75, 3.05) is 5.32 Å². The maximum atomic E-state index is 12.6. The van der Waals surface area contributed by atoms with E-state index in [-0.39, 0.29) is 17.7 Å². The molecule has 0 bridgehead atoms. The summed E-state index contributed by atoms with van der Waals surface area (Å²) in [5.41, 5.74) is 6.86. The summed E-state index contributed by atoms with van der Waals surface area (Å²) in [7, 11) is 0. The number of anilines is 1. The normalized spacial score (nSPS) is 17.5. The maximum Gasteiger partial charge on any atom is 0.246 e. The predicted octanol–water partition coefficient (Wildman–Crippen LogP) is 3.45. The fraction of sp³-hybridized carbons (Fsp3) is 0.619. The second-order valence-corrected chi connectivity index (χ2v) is 7.89. The number of carbonyl (C=O) groups excluding carboxylic acids is 2. The molecule has 0 unspecified atom stereocenters. The van der Waals surface area contributed by atoms with Gasteiger partial charge in [-0.05, 0) is 36.8 Å². The minimum absolute atomic E-state index is 0.192. The Kier molecular flexibility index (Phi) is 8.10. The van der Waals surface area contributed by atoms with Crippen LogP contribution in [-0.2, 0) is 9.59 Å². The number of benzene rings is 1. The molecule has 26 heavy (non-hydrogen) atoms. The monoisotopic (exact) mass is 359 g/mol. The quantitative estimate of drug-likeness (QED) is 0.664. The van der Waals surface area contributed by atoms with E-state index < -0.39 is 12.1 Å². The van der Waals surface area contributed by atoms with Crippen molar-refractivity contribution in [3.63, 3.8) is 0 Å². The number of hydrogen-bond acceptors (Lipinski definition) is 3. The van der Waals surface area contributed by atoms with Gasteiger partial charge in [0.05, 0.1) is 6.04 Å². The molecule has 1 saturated carbocycles. The second kappa shape index (κ2) is 10.3. The van der Waals surface area contributed by atoms with Gasteiger partial charge in [0.15, 0.2) is 0 Å². The summed E-state index contributed by atoms with van der Waals surface area (Å²) in [6, 6.07) is 8.18. The summed E-state index contributed by atoms with van der Waals surface area (Å²) in [5, 5.41) is 5.76. The van der Waals surface area contributed by atoms with Crippen LogP contribution in [0.1, 0.15) is 58.8 Å². The van der Waals surface area contributed by atoms with Gasteiger partial charge in [0.1, 0.15) is 6.04 Å². The Hall–Kier alpha value is -1.88. The summed E-state index contributed by atoms with van der Waals surface area (Å²) in [6.45, 7) is 4.08. The van der Waals surface area contributed by atoms with Gasteiger partial charge in [-0.25, -0.2) is 0 Å². The lowest BCUT2D eigenvalue weighted by Gasteiger charge is -2.26. The van der Waals surface area contributed by atoms with Crippen LogP contribution >= 0.6 is 0 Å². The molecule has 0 aliphatic heterocycles. The number of rotatable bonds is 8. The average Bonchev–Trinajstić information content (AvgIpc) is 2.62. The molecular weight excluding hydrogens is 326 g/mol. The molecule has 0 aromatic heterocycles. The van der Waals surface area contributed by atoms with Gasteiger partial charge in [0, 0.05) is 5.69 Å². The first-order chi connectivity index (χ1) is 12.5. The second-order valence-electron chi connectivity index (χ2n) is 7.89. The highest BCUT2D eigenvalue weighted by atomic mass is 16.2. The summed E-state index contributed by atoms with van der Waals surface area (Å²) >= 11 is 0. The van der Waals surface area contributed by atoms with Crippen molar-refractivity contribution in [3.8, 4) is 0 Å². The van der Waals surface area contributed by atoms with Gasteiger partial charge >= 0.3 is 0 Å². The van der Waals surface area contributed by atoms with Gasteiger partial charge < -0.3 is 16.4 Å². The molecule has 1 aliphatic carbocycles. The third kappa shape index (κ3) is 6.79. The van der Waals surface area contributed by atoms with Gasteiger partial charge in [-0.3, -0.25) is 9.59 Å². The van der Waals surface area contributed by atoms with E-state index in [1.165, 1.54) is 19.3 Å². The maximum absolute atomic E-state index is 12.6. The van der Waals surface area contributed by atoms with E-state index in [4.69, 9.17) is 5.73 Å². The van der Waals surface area contributed by atoms with Gasteiger partial charge in [0.25, 0.3) is 0 Å². The molecule has 1 aromatic carbocycles. The molecular formula is C21H33N3O2. The molecule has 2 rings (SSSR count). The Bertz CT molecular complexity index is 568. The van der Waals surface area contributed by atoms with Gasteiger partial charge in [-0.2, -0.15) is 0 Å². The first kappa shape index (κ1) is 20.4. The van der Waals surface area contributed by atoms with Crippen LogP contribution in [0.5, 0.6) is 0 Å². The summed E-state index contributed by atoms with van der Waals surface area (Å²) in [6.07, 6.45) is 7.36. The topological polar surface area (TPSA) is 84.2 Å². The van der Waals surface area contributed by atoms with E-state index in [1.807, 2.05) is 44.2 Å². The molecule has 2 atom stereocenters. The van der Waals surface area contributed by atoms with Crippen molar-refractivity contribution in [2.24, 2.45) is 17.6 Å². The SMILES string of the molecule is CC(C)C[C@H](NC(=O)[C@@H](N)CC1CCCCC1)C(=O)Nc1ccccc1.